The van der Waals surface area contributed by atoms with Crippen molar-refractivity contribution in [3.05, 3.63) is 71.3 Å². The maximum atomic E-state index is 12.9. The molecule has 0 bridgehead atoms. The lowest BCUT2D eigenvalue weighted by Gasteiger charge is -2.36. The lowest BCUT2D eigenvalue weighted by atomic mass is 9.88. The molecule has 2 aliphatic heterocycles. The molecule has 0 aliphatic carbocycles. The third kappa shape index (κ3) is 2.21. The van der Waals surface area contributed by atoms with E-state index in [1.165, 1.54) is 11.1 Å². The predicted molar refractivity (Wildman–Crippen MR) is 86.2 cm³/mol. The van der Waals surface area contributed by atoms with Crippen LogP contribution in [0.2, 0.25) is 0 Å². The minimum atomic E-state index is -0.191. The van der Waals surface area contributed by atoms with Gasteiger partial charge in [0.05, 0.1) is 24.6 Å². The molecule has 2 aromatic rings. The van der Waals surface area contributed by atoms with Crippen LogP contribution in [0.5, 0.6) is 0 Å². The van der Waals surface area contributed by atoms with Crippen LogP contribution in [-0.4, -0.2) is 29.0 Å². The summed E-state index contributed by atoms with van der Waals surface area (Å²) < 4.78 is 0. The molecule has 1 amide bonds. The number of nitriles is 1. The van der Waals surface area contributed by atoms with Crippen LogP contribution in [-0.2, 0) is 6.42 Å². The molecule has 114 valence electrons. The van der Waals surface area contributed by atoms with Gasteiger partial charge in [-0.3, -0.25) is 9.80 Å². The number of fused-ring (bicyclic) bond motifs is 3. The summed E-state index contributed by atoms with van der Waals surface area (Å²) in [7, 11) is 0. The van der Waals surface area contributed by atoms with Crippen molar-refractivity contribution in [3.63, 3.8) is 0 Å². The van der Waals surface area contributed by atoms with E-state index in [0.717, 1.165) is 13.0 Å². The SMILES string of the molecule is N#CC1CN(C(=O)c2ccccc2)N2CCc3ccccc3C12. The Labute approximate surface area is 135 Å². The summed E-state index contributed by atoms with van der Waals surface area (Å²) in [4.78, 5) is 12.9. The molecule has 2 aromatic carbocycles. The van der Waals surface area contributed by atoms with Crippen LogP contribution in [0.4, 0.5) is 0 Å². The van der Waals surface area contributed by atoms with Crippen molar-refractivity contribution >= 4 is 5.91 Å². The zero-order chi connectivity index (χ0) is 15.8. The van der Waals surface area contributed by atoms with E-state index in [9.17, 15) is 10.1 Å². The molecule has 0 radical (unpaired) electrons. The van der Waals surface area contributed by atoms with Crippen LogP contribution >= 0.6 is 0 Å². The number of benzene rings is 2. The van der Waals surface area contributed by atoms with Crippen LogP contribution < -0.4 is 0 Å². The molecular weight excluding hydrogens is 286 g/mol. The normalized spacial score (nSPS) is 23.0. The summed E-state index contributed by atoms with van der Waals surface area (Å²) in [5.41, 5.74) is 3.15. The van der Waals surface area contributed by atoms with Crippen molar-refractivity contribution in [1.29, 1.82) is 5.26 Å². The van der Waals surface area contributed by atoms with Gasteiger partial charge in [0.15, 0.2) is 0 Å². The van der Waals surface area contributed by atoms with E-state index >= 15 is 0 Å². The second-order valence-electron chi connectivity index (χ2n) is 6.05. The monoisotopic (exact) mass is 303 g/mol. The second kappa shape index (κ2) is 5.53. The highest BCUT2D eigenvalue weighted by molar-refractivity contribution is 5.94. The topological polar surface area (TPSA) is 47.3 Å². The summed E-state index contributed by atoms with van der Waals surface area (Å²) in [6, 6.07) is 20.0. The molecule has 0 saturated carbocycles. The van der Waals surface area contributed by atoms with Crippen LogP contribution in [0.1, 0.15) is 27.5 Å². The second-order valence-corrected chi connectivity index (χ2v) is 6.05. The fourth-order valence-corrected chi connectivity index (χ4v) is 3.71. The number of hydrogen-bond donors (Lipinski definition) is 0. The predicted octanol–water partition coefficient (Wildman–Crippen LogP) is 2.80. The maximum absolute atomic E-state index is 12.9. The van der Waals surface area contributed by atoms with Gasteiger partial charge in [-0.1, -0.05) is 42.5 Å². The Morgan fingerprint density at radius 1 is 1.09 bits per heavy atom. The van der Waals surface area contributed by atoms with Gasteiger partial charge in [-0.15, -0.1) is 0 Å². The van der Waals surface area contributed by atoms with Gasteiger partial charge in [0, 0.05) is 12.1 Å². The van der Waals surface area contributed by atoms with Crippen molar-refractivity contribution in [3.8, 4) is 6.07 Å². The Hall–Kier alpha value is -2.64. The summed E-state index contributed by atoms with van der Waals surface area (Å²) in [5.74, 6) is -0.211. The highest BCUT2D eigenvalue weighted by Crippen LogP contribution is 2.41. The highest BCUT2D eigenvalue weighted by atomic mass is 16.2. The number of rotatable bonds is 1. The van der Waals surface area contributed by atoms with E-state index in [0.29, 0.717) is 12.1 Å². The van der Waals surface area contributed by atoms with Crippen LogP contribution in [0, 0.1) is 17.2 Å². The van der Waals surface area contributed by atoms with Crippen molar-refractivity contribution in [2.75, 3.05) is 13.1 Å². The van der Waals surface area contributed by atoms with Gasteiger partial charge in [-0.2, -0.15) is 5.26 Å². The molecule has 2 unspecified atom stereocenters. The molecule has 1 fully saturated rings. The van der Waals surface area contributed by atoms with E-state index in [4.69, 9.17) is 0 Å². The number of carbonyl (C=O) groups excluding carboxylic acids is 1. The average molecular weight is 303 g/mol. The number of hydrazine groups is 1. The molecule has 4 rings (SSSR count). The Bertz CT molecular complexity index is 781. The number of nitrogens with zero attached hydrogens (tertiary/aromatic N) is 3. The first-order chi connectivity index (χ1) is 11.3. The quantitative estimate of drug-likeness (QED) is 0.814. The van der Waals surface area contributed by atoms with Gasteiger partial charge in [-0.05, 0) is 29.7 Å². The molecule has 0 spiro atoms. The zero-order valence-corrected chi connectivity index (χ0v) is 12.7. The van der Waals surface area contributed by atoms with Crippen LogP contribution in [0.3, 0.4) is 0 Å². The smallest absolute Gasteiger partial charge is 0.268 e. The third-order valence-electron chi connectivity index (χ3n) is 4.79. The van der Waals surface area contributed by atoms with Gasteiger partial charge in [0.2, 0.25) is 0 Å². The Morgan fingerprint density at radius 2 is 1.83 bits per heavy atom. The van der Waals surface area contributed by atoms with Crippen molar-refractivity contribution in [2.24, 2.45) is 5.92 Å². The minimum absolute atomic E-state index is 0.0161. The molecule has 2 aliphatic rings. The summed E-state index contributed by atoms with van der Waals surface area (Å²) in [5, 5.41) is 13.4. The molecule has 23 heavy (non-hydrogen) atoms. The average Bonchev–Trinajstić information content (AvgIpc) is 3.01. The standard InChI is InChI=1S/C19H17N3O/c20-12-16-13-22(19(23)15-7-2-1-3-8-15)21-11-10-14-6-4-5-9-17(14)18(16)21/h1-9,16,18H,10-11,13H2. The van der Waals surface area contributed by atoms with E-state index in [1.807, 2.05) is 42.5 Å². The Balaban J connectivity index is 1.71. The summed E-state index contributed by atoms with van der Waals surface area (Å²) >= 11 is 0. The first kappa shape index (κ1) is 14.0. The summed E-state index contributed by atoms with van der Waals surface area (Å²) in [6.45, 7) is 1.24. The number of hydrogen-bond acceptors (Lipinski definition) is 3. The van der Waals surface area contributed by atoms with Crippen LogP contribution in [0.25, 0.3) is 0 Å². The lowest BCUT2D eigenvalue weighted by molar-refractivity contribution is -0.000467. The van der Waals surface area contributed by atoms with Crippen molar-refractivity contribution < 1.29 is 4.79 Å². The fraction of sp³-hybridized carbons (Fsp3) is 0.263. The third-order valence-corrected chi connectivity index (χ3v) is 4.79. The molecule has 2 atom stereocenters. The molecule has 4 nitrogen and oxygen atoms in total. The van der Waals surface area contributed by atoms with Gasteiger partial charge in [0.1, 0.15) is 0 Å². The molecule has 4 heteroatoms. The Morgan fingerprint density at radius 3 is 2.61 bits per heavy atom. The van der Waals surface area contributed by atoms with Crippen LogP contribution in [0.15, 0.2) is 54.6 Å². The molecular formula is C19H17N3O. The fourth-order valence-electron chi connectivity index (χ4n) is 3.71. The van der Waals surface area contributed by atoms with Crippen molar-refractivity contribution in [1.82, 2.24) is 10.0 Å². The zero-order valence-electron chi connectivity index (χ0n) is 12.7. The van der Waals surface area contributed by atoms with E-state index in [-0.39, 0.29) is 17.9 Å². The first-order valence-electron chi connectivity index (χ1n) is 7.90. The lowest BCUT2D eigenvalue weighted by Crippen LogP contribution is -2.45. The van der Waals surface area contributed by atoms with Gasteiger partial charge in [-0.25, -0.2) is 5.01 Å². The Kier molecular flexibility index (Phi) is 3.36. The van der Waals surface area contributed by atoms with Gasteiger partial charge in [0.25, 0.3) is 5.91 Å². The van der Waals surface area contributed by atoms with Crippen molar-refractivity contribution in [2.45, 2.75) is 12.5 Å². The first-order valence-corrected chi connectivity index (χ1v) is 7.90. The number of amides is 1. The molecule has 2 heterocycles. The largest absolute Gasteiger partial charge is 0.269 e. The molecule has 1 saturated heterocycles. The highest BCUT2D eigenvalue weighted by Gasteiger charge is 2.45. The van der Waals surface area contributed by atoms with Gasteiger partial charge < -0.3 is 0 Å². The van der Waals surface area contributed by atoms with E-state index in [2.05, 4.69) is 23.2 Å². The molecule has 0 aromatic heterocycles. The maximum Gasteiger partial charge on any atom is 0.268 e. The van der Waals surface area contributed by atoms with E-state index < -0.39 is 0 Å². The molecule has 0 N–H and O–H groups in total. The van der Waals surface area contributed by atoms with Gasteiger partial charge >= 0.3 is 0 Å². The number of carbonyl (C=O) groups is 1. The van der Waals surface area contributed by atoms with E-state index in [1.54, 1.807) is 5.01 Å². The minimum Gasteiger partial charge on any atom is -0.269 e. The summed E-state index contributed by atoms with van der Waals surface area (Å²) in [6.07, 6.45) is 0.906.